The molecular formula is C24H21N3O5S2. The second kappa shape index (κ2) is 9.47. The lowest BCUT2D eigenvalue weighted by Gasteiger charge is -2.11. The van der Waals surface area contributed by atoms with Gasteiger partial charge in [-0.25, -0.2) is 9.97 Å². The molecule has 0 N–H and O–H groups in total. The van der Waals surface area contributed by atoms with Crippen molar-refractivity contribution >= 4 is 45.1 Å². The largest absolute Gasteiger partial charge is 0.457 e. The molecule has 8 nitrogen and oxygen atoms in total. The summed E-state index contributed by atoms with van der Waals surface area (Å²) in [6.07, 6.45) is 1.48. The number of rotatable bonds is 8. The van der Waals surface area contributed by atoms with E-state index in [0.717, 1.165) is 43.7 Å². The Bertz CT molecular complexity index is 1390. The number of ketones is 1. The maximum atomic E-state index is 12.8. The SMILES string of the molecule is Cc1cc(C(=O)COC(=O)CSc2ncnc3sccc23)c(C)n1Cc1ccc2c(c1)OCO2. The van der Waals surface area contributed by atoms with Crippen LogP contribution in [0.2, 0.25) is 0 Å². The first-order valence-electron chi connectivity index (χ1n) is 10.5. The van der Waals surface area contributed by atoms with Crippen molar-refractivity contribution in [2.75, 3.05) is 19.2 Å². The number of hydrogen-bond donors (Lipinski definition) is 0. The van der Waals surface area contributed by atoms with Crippen LogP contribution in [0.15, 0.2) is 47.1 Å². The van der Waals surface area contributed by atoms with Crippen LogP contribution < -0.4 is 9.47 Å². The fourth-order valence-electron chi connectivity index (χ4n) is 3.82. The molecule has 0 fully saturated rings. The summed E-state index contributed by atoms with van der Waals surface area (Å²) in [6.45, 7) is 4.37. The molecule has 1 aliphatic rings. The quantitative estimate of drug-likeness (QED) is 0.154. The molecule has 10 heteroatoms. The number of carbonyl (C=O) groups is 2. The van der Waals surface area contributed by atoms with Gasteiger partial charge in [0.2, 0.25) is 12.6 Å². The summed E-state index contributed by atoms with van der Waals surface area (Å²) in [5, 5.41) is 3.57. The third-order valence-electron chi connectivity index (χ3n) is 5.57. The molecule has 0 bridgehead atoms. The van der Waals surface area contributed by atoms with Gasteiger partial charge in [0, 0.05) is 28.9 Å². The van der Waals surface area contributed by atoms with Gasteiger partial charge in [-0.15, -0.1) is 11.3 Å². The average Bonchev–Trinajstić information content (AvgIpc) is 3.56. The van der Waals surface area contributed by atoms with Crippen LogP contribution in [0.3, 0.4) is 0 Å². The Morgan fingerprint density at radius 3 is 2.88 bits per heavy atom. The predicted molar refractivity (Wildman–Crippen MR) is 129 cm³/mol. The maximum Gasteiger partial charge on any atom is 0.316 e. The van der Waals surface area contributed by atoms with Gasteiger partial charge in [0.25, 0.3) is 0 Å². The van der Waals surface area contributed by atoms with Crippen LogP contribution in [0.1, 0.15) is 27.3 Å². The highest BCUT2D eigenvalue weighted by Gasteiger charge is 2.19. The van der Waals surface area contributed by atoms with E-state index in [1.54, 1.807) is 0 Å². The highest BCUT2D eigenvalue weighted by atomic mass is 32.2. The molecule has 0 unspecified atom stereocenters. The van der Waals surface area contributed by atoms with Crippen LogP contribution in [0.5, 0.6) is 11.5 Å². The lowest BCUT2D eigenvalue weighted by atomic mass is 10.1. The molecule has 1 aromatic carbocycles. The van der Waals surface area contributed by atoms with E-state index in [2.05, 4.69) is 14.5 Å². The number of ether oxygens (including phenoxy) is 3. The van der Waals surface area contributed by atoms with E-state index >= 15 is 0 Å². The first kappa shape index (κ1) is 22.4. The summed E-state index contributed by atoms with van der Waals surface area (Å²) in [6, 6.07) is 9.58. The monoisotopic (exact) mass is 495 g/mol. The zero-order valence-corrected chi connectivity index (χ0v) is 20.2. The molecule has 174 valence electrons. The number of Topliss-reactive ketones (excluding diaryl/α,β-unsaturated/α-hetero) is 1. The third kappa shape index (κ3) is 4.51. The first-order chi connectivity index (χ1) is 16.5. The van der Waals surface area contributed by atoms with E-state index in [4.69, 9.17) is 14.2 Å². The van der Waals surface area contributed by atoms with Crippen LogP contribution in [0.4, 0.5) is 0 Å². The van der Waals surface area contributed by atoms with Crippen molar-refractivity contribution in [2.45, 2.75) is 25.4 Å². The highest BCUT2D eigenvalue weighted by Crippen LogP contribution is 2.33. The molecule has 0 aliphatic carbocycles. The number of thiophene rings is 1. The number of fused-ring (bicyclic) bond motifs is 2. The Morgan fingerprint density at radius 1 is 1.15 bits per heavy atom. The zero-order valence-electron chi connectivity index (χ0n) is 18.6. The summed E-state index contributed by atoms with van der Waals surface area (Å²) in [4.78, 5) is 34.4. The fraction of sp³-hybridized carbons (Fsp3) is 0.250. The van der Waals surface area contributed by atoms with Crippen molar-refractivity contribution in [1.29, 1.82) is 0 Å². The summed E-state index contributed by atoms with van der Waals surface area (Å²) < 4.78 is 18.1. The zero-order chi connectivity index (χ0) is 23.7. The number of carbonyl (C=O) groups excluding carboxylic acids is 2. The van der Waals surface area contributed by atoms with Gasteiger partial charge in [0.1, 0.15) is 16.2 Å². The van der Waals surface area contributed by atoms with Crippen LogP contribution in [-0.4, -0.2) is 45.4 Å². The topological polar surface area (TPSA) is 92.5 Å². The van der Waals surface area contributed by atoms with E-state index in [-0.39, 0.29) is 24.9 Å². The predicted octanol–water partition coefficient (Wildman–Crippen LogP) is 4.40. The van der Waals surface area contributed by atoms with E-state index in [1.807, 2.05) is 49.6 Å². The number of esters is 1. The van der Waals surface area contributed by atoms with E-state index in [1.165, 1.54) is 29.4 Å². The molecule has 0 radical (unpaired) electrons. The molecule has 0 atom stereocenters. The van der Waals surface area contributed by atoms with Gasteiger partial charge in [-0.2, -0.15) is 0 Å². The molecule has 0 spiro atoms. The normalized spacial score (nSPS) is 12.3. The van der Waals surface area contributed by atoms with Crippen molar-refractivity contribution < 1.29 is 23.8 Å². The van der Waals surface area contributed by atoms with Gasteiger partial charge in [-0.3, -0.25) is 9.59 Å². The second-order valence-corrected chi connectivity index (χ2v) is 9.61. The van der Waals surface area contributed by atoms with Crippen molar-refractivity contribution in [1.82, 2.24) is 14.5 Å². The van der Waals surface area contributed by atoms with Crippen molar-refractivity contribution in [3.8, 4) is 11.5 Å². The second-order valence-electron chi connectivity index (χ2n) is 7.75. The molecule has 4 heterocycles. The lowest BCUT2D eigenvalue weighted by molar-refractivity contribution is -0.139. The summed E-state index contributed by atoms with van der Waals surface area (Å²) in [5.41, 5.74) is 3.36. The molecule has 0 saturated carbocycles. The van der Waals surface area contributed by atoms with Gasteiger partial charge in [-0.05, 0) is 49.1 Å². The number of aromatic nitrogens is 3. The number of nitrogens with zero attached hydrogens (tertiary/aromatic N) is 3. The van der Waals surface area contributed by atoms with E-state index in [0.29, 0.717) is 12.1 Å². The molecule has 34 heavy (non-hydrogen) atoms. The number of aryl methyl sites for hydroxylation is 1. The molecule has 1 aliphatic heterocycles. The van der Waals surface area contributed by atoms with Crippen LogP contribution in [0.25, 0.3) is 10.2 Å². The lowest BCUT2D eigenvalue weighted by Crippen LogP contribution is -2.16. The van der Waals surface area contributed by atoms with E-state index < -0.39 is 5.97 Å². The average molecular weight is 496 g/mol. The number of benzene rings is 1. The number of thioether (sulfide) groups is 1. The van der Waals surface area contributed by atoms with Crippen molar-refractivity contribution in [2.24, 2.45) is 0 Å². The van der Waals surface area contributed by atoms with Crippen LogP contribution >= 0.6 is 23.1 Å². The highest BCUT2D eigenvalue weighted by molar-refractivity contribution is 8.00. The summed E-state index contributed by atoms with van der Waals surface area (Å²) in [5.74, 6) is 0.834. The fourth-order valence-corrected chi connectivity index (χ4v) is 5.40. The van der Waals surface area contributed by atoms with Crippen molar-refractivity contribution in [3.05, 3.63) is 64.6 Å². The van der Waals surface area contributed by atoms with Crippen molar-refractivity contribution in [3.63, 3.8) is 0 Å². The van der Waals surface area contributed by atoms with Crippen LogP contribution in [-0.2, 0) is 16.1 Å². The smallest absolute Gasteiger partial charge is 0.316 e. The van der Waals surface area contributed by atoms with Gasteiger partial charge in [-0.1, -0.05) is 17.8 Å². The minimum absolute atomic E-state index is 0.0678. The van der Waals surface area contributed by atoms with Gasteiger partial charge >= 0.3 is 5.97 Å². The summed E-state index contributed by atoms with van der Waals surface area (Å²) >= 11 is 2.79. The molecule has 0 saturated heterocycles. The minimum Gasteiger partial charge on any atom is -0.457 e. The number of hydrogen-bond acceptors (Lipinski definition) is 9. The van der Waals surface area contributed by atoms with Gasteiger partial charge < -0.3 is 18.8 Å². The van der Waals surface area contributed by atoms with Gasteiger partial charge in [0.05, 0.1) is 5.75 Å². The maximum absolute atomic E-state index is 12.8. The Kier molecular flexibility index (Phi) is 6.25. The molecule has 5 rings (SSSR count). The standard InChI is InChI=1S/C24H21N3O5S2/c1-14-7-18(15(2)27(14)9-16-3-4-20-21(8-16)32-13-31-20)19(28)10-30-22(29)11-34-24-17-5-6-33-23(17)25-12-26-24/h3-8,12H,9-11,13H2,1-2H3. The first-order valence-corrected chi connectivity index (χ1v) is 12.4. The molecular weight excluding hydrogens is 474 g/mol. The molecule has 3 aromatic heterocycles. The molecule has 4 aromatic rings. The van der Waals surface area contributed by atoms with Gasteiger partial charge in [0.15, 0.2) is 18.1 Å². The van der Waals surface area contributed by atoms with E-state index in [9.17, 15) is 9.59 Å². The van der Waals surface area contributed by atoms with Crippen LogP contribution in [0, 0.1) is 13.8 Å². The third-order valence-corrected chi connectivity index (χ3v) is 7.37. The minimum atomic E-state index is -0.463. The Labute approximate surface area is 203 Å². The Morgan fingerprint density at radius 2 is 2.00 bits per heavy atom. The Hall–Kier alpha value is -3.37. The molecule has 0 amide bonds. The summed E-state index contributed by atoms with van der Waals surface area (Å²) in [7, 11) is 0. The Balaban J connectivity index is 1.19.